The number of hydrogen-bond donors (Lipinski definition) is 1. The van der Waals surface area contributed by atoms with E-state index in [2.05, 4.69) is 12.2 Å². The Labute approximate surface area is 106 Å². The van der Waals surface area contributed by atoms with Gasteiger partial charge in [0.25, 0.3) is 0 Å². The lowest BCUT2D eigenvalue weighted by atomic mass is 10.0. The molecule has 4 heteroatoms. The highest BCUT2D eigenvalue weighted by Gasteiger charge is 2.19. The van der Waals surface area contributed by atoms with Gasteiger partial charge in [-0.2, -0.15) is 0 Å². The Bertz CT molecular complexity index is 351. The first-order valence-corrected chi connectivity index (χ1v) is 6.17. The summed E-state index contributed by atoms with van der Waals surface area (Å²) in [6, 6.07) is 4.37. The molecule has 0 spiro atoms. The van der Waals surface area contributed by atoms with Crippen LogP contribution in [0.4, 0.5) is 4.39 Å². The van der Waals surface area contributed by atoms with Crippen LogP contribution >= 0.6 is 23.2 Å². The fourth-order valence-electron chi connectivity index (χ4n) is 1.25. The van der Waals surface area contributed by atoms with Crippen molar-refractivity contribution >= 4 is 23.2 Å². The molecule has 0 bridgehead atoms. The van der Waals surface area contributed by atoms with Gasteiger partial charge in [-0.1, -0.05) is 18.5 Å². The highest BCUT2D eigenvalue weighted by molar-refractivity contribution is 6.31. The summed E-state index contributed by atoms with van der Waals surface area (Å²) in [7, 11) is 0. The fraction of sp³-hybridized carbons (Fsp3) is 0.500. The van der Waals surface area contributed by atoms with Gasteiger partial charge in [0.05, 0.1) is 0 Å². The van der Waals surface area contributed by atoms with Crippen molar-refractivity contribution in [3.63, 3.8) is 0 Å². The van der Waals surface area contributed by atoms with E-state index >= 15 is 0 Å². The molecular formula is C12H16Cl2FN. The average molecular weight is 264 g/mol. The third-order valence-corrected chi connectivity index (χ3v) is 3.75. The standard InChI is InChI=1S/C12H16Cl2FN/c1-3-12(2,8-13)16-7-9-6-10(15)4-5-11(9)14/h4-6,16H,3,7-8H2,1-2H3. The fourth-order valence-corrected chi connectivity index (χ4v) is 1.72. The summed E-state index contributed by atoms with van der Waals surface area (Å²) in [6.07, 6.45) is 0.906. The maximum atomic E-state index is 13.0. The highest BCUT2D eigenvalue weighted by atomic mass is 35.5. The van der Waals surface area contributed by atoms with Gasteiger partial charge in [0, 0.05) is 23.0 Å². The predicted octanol–water partition coefficient (Wildman–Crippen LogP) is 3.98. The van der Waals surface area contributed by atoms with E-state index in [4.69, 9.17) is 23.2 Å². The van der Waals surface area contributed by atoms with Crippen molar-refractivity contribution < 1.29 is 4.39 Å². The number of nitrogens with one attached hydrogen (secondary N) is 1. The van der Waals surface area contributed by atoms with E-state index in [1.54, 1.807) is 6.07 Å². The lowest BCUT2D eigenvalue weighted by Crippen LogP contribution is -2.43. The van der Waals surface area contributed by atoms with Crippen LogP contribution in [0.1, 0.15) is 25.8 Å². The molecule has 1 rings (SSSR count). The summed E-state index contributed by atoms with van der Waals surface area (Å²) < 4.78 is 13.0. The zero-order valence-electron chi connectivity index (χ0n) is 9.49. The number of halogens is 3. The van der Waals surface area contributed by atoms with Crippen molar-refractivity contribution in [3.05, 3.63) is 34.6 Å². The van der Waals surface area contributed by atoms with Crippen molar-refractivity contribution in [2.24, 2.45) is 0 Å². The molecule has 0 aliphatic carbocycles. The van der Waals surface area contributed by atoms with Crippen LogP contribution in [0.15, 0.2) is 18.2 Å². The first kappa shape index (κ1) is 13.8. The minimum atomic E-state index is -0.273. The second kappa shape index (κ2) is 5.85. The number of rotatable bonds is 5. The van der Waals surface area contributed by atoms with Gasteiger partial charge in [-0.15, -0.1) is 11.6 Å². The Balaban J connectivity index is 2.70. The molecule has 0 aliphatic rings. The molecule has 1 aromatic carbocycles. The monoisotopic (exact) mass is 263 g/mol. The Kier molecular flexibility index (Phi) is 5.03. The average Bonchev–Trinajstić information content (AvgIpc) is 2.30. The molecule has 16 heavy (non-hydrogen) atoms. The summed E-state index contributed by atoms with van der Waals surface area (Å²) in [5.74, 6) is 0.237. The number of hydrogen-bond acceptors (Lipinski definition) is 1. The van der Waals surface area contributed by atoms with Crippen molar-refractivity contribution in [3.8, 4) is 0 Å². The molecule has 0 fully saturated rings. The molecule has 1 unspecified atom stereocenters. The molecule has 0 saturated carbocycles. The molecule has 90 valence electrons. The summed E-state index contributed by atoms with van der Waals surface area (Å²) in [6.45, 7) is 4.61. The zero-order chi connectivity index (χ0) is 12.2. The largest absolute Gasteiger partial charge is 0.306 e. The van der Waals surface area contributed by atoms with Crippen molar-refractivity contribution in [1.82, 2.24) is 5.32 Å². The van der Waals surface area contributed by atoms with Crippen LogP contribution in [-0.4, -0.2) is 11.4 Å². The molecule has 1 nitrogen and oxygen atoms in total. The topological polar surface area (TPSA) is 12.0 Å². The van der Waals surface area contributed by atoms with Gasteiger partial charge in [0.2, 0.25) is 0 Å². The molecule has 0 saturated heterocycles. The van der Waals surface area contributed by atoms with E-state index in [1.165, 1.54) is 12.1 Å². The first-order valence-electron chi connectivity index (χ1n) is 5.25. The van der Waals surface area contributed by atoms with E-state index in [-0.39, 0.29) is 11.4 Å². The van der Waals surface area contributed by atoms with Crippen LogP contribution < -0.4 is 5.32 Å². The number of alkyl halides is 1. The molecule has 1 N–H and O–H groups in total. The lowest BCUT2D eigenvalue weighted by molar-refractivity contribution is 0.379. The summed E-state index contributed by atoms with van der Waals surface area (Å²) in [4.78, 5) is 0. The van der Waals surface area contributed by atoms with E-state index in [0.717, 1.165) is 12.0 Å². The van der Waals surface area contributed by atoms with Gasteiger partial charge in [0.15, 0.2) is 0 Å². The minimum absolute atomic E-state index is 0.142. The summed E-state index contributed by atoms with van der Waals surface area (Å²) in [5.41, 5.74) is 0.614. The first-order chi connectivity index (χ1) is 7.50. The Morgan fingerprint density at radius 2 is 2.12 bits per heavy atom. The van der Waals surface area contributed by atoms with Gasteiger partial charge in [-0.05, 0) is 37.1 Å². The molecule has 0 amide bonds. The Morgan fingerprint density at radius 3 is 2.69 bits per heavy atom. The summed E-state index contributed by atoms with van der Waals surface area (Å²) >= 11 is 11.8. The van der Waals surface area contributed by atoms with Crippen molar-refractivity contribution in [2.45, 2.75) is 32.4 Å². The quantitative estimate of drug-likeness (QED) is 0.793. The van der Waals surface area contributed by atoms with Gasteiger partial charge < -0.3 is 5.32 Å². The third-order valence-electron chi connectivity index (χ3n) is 2.79. The highest BCUT2D eigenvalue weighted by Crippen LogP contribution is 2.19. The van der Waals surface area contributed by atoms with E-state index in [9.17, 15) is 4.39 Å². The van der Waals surface area contributed by atoms with Crippen LogP contribution in [0.5, 0.6) is 0 Å². The molecule has 0 radical (unpaired) electrons. The van der Waals surface area contributed by atoms with E-state index < -0.39 is 0 Å². The van der Waals surface area contributed by atoms with E-state index in [0.29, 0.717) is 17.4 Å². The Morgan fingerprint density at radius 1 is 1.44 bits per heavy atom. The van der Waals surface area contributed by atoms with Gasteiger partial charge >= 0.3 is 0 Å². The van der Waals surface area contributed by atoms with Crippen LogP contribution in [0.3, 0.4) is 0 Å². The molecule has 0 aliphatic heterocycles. The SMILES string of the molecule is CCC(C)(CCl)NCc1cc(F)ccc1Cl. The van der Waals surface area contributed by atoms with Crippen molar-refractivity contribution in [2.75, 3.05) is 5.88 Å². The molecular weight excluding hydrogens is 248 g/mol. The zero-order valence-corrected chi connectivity index (χ0v) is 11.0. The lowest BCUT2D eigenvalue weighted by Gasteiger charge is -2.27. The van der Waals surface area contributed by atoms with Crippen molar-refractivity contribution in [1.29, 1.82) is 0 Å². The number of benzene rings is 1. The van der Waals surface area contributed by atoms with Gasteiger partial charge in [0.1, 0.15) is 5.82 Å². The molecule has 1 aromatic rings. The predicted molar refractivity (Wildman–Crippen MR) is 67.7 cm³/mol. The van der Waals surface area contributed by atoms with Crippen LogP contribution in [0.25, 0.3) is 0 Å². The smallest absolute Gasteiger partial charge is 0.123 e. The third kappa shape index (κ3) is 3.62. The molecule has 1 atom stereocenters. The minimum Gasteiger partial charge on any atom is -0.306 e. The molecule has 0 heterocycles. The maximum Gasteiger partial charge on any atom is 0.123 e. The van der Waals surface area contributed by atoms with Crippen LogP contribution in [0, 0.1) is 5.82 Å². The Hall–Kier alpha value is -0.310. The van der Waals surface area contributed by atoms with Crippen LogP contribution in [0.2, 0.25) is 5.02 Å². The van der Waals surface area contributed by atoms with Gasteiger partial charge in [-0.3, -0.25) is 0 Å². The van der Waals surface area contributed by atoms with Gasteiger partial charge in [-0.25, -0.2) is 4.39 Å². The summed E-state index contributed by atoms with van der Waals surface area (Å²) in [5, 5.41) is 3.87. The maximum absolute atomic E-state index is 13.0. The second-order valence-electron chi connectivity index (χ2n) is 4.14. The molecule has 0 aromatic heterocycles. The second-order valence-corrected chi connectivity index (χ2v) is 4.81. The normalized spacial score (nSPS) is 14.8. The van der Waals surface area contributed by atoms with E-state index in [1.807, 2.05) is 6.92 Å². The van der Waals surface area contributed by atoms with Crippen LogP contribution in [-0.2, 0) is 6.54 Å².